The van der Waals surface area contributed by atoms with Crippen LogP contribution in [-0.4, -0.2) is 34.0 Å². The van der Waals surface area contributed by atoms with Crippen LogP contribution >= 0.6 is 0 Å². The van der Waals surface area contributed by atoms with Gasteiger partial charge < -0.3 is 14.9 Å². The lowest BCUT2D eigenvalue weighted by Gasteiger charge is -2.19. The minimum Gasteiger partial charge on any atom is -0.460 e. The number of carbonyl (C=O) groups is 1. The van der Waals surface area contributed by atoms with Gasteiger partial charge in [-0.3, -0.25) is 4.79 Å². The van der Waals surface area contributed by atoms with Crippen molar-refractivity contribution in [3.05, 3.63) is 23.8 Å². The summed E-state index contributed by atoms with van der Waals surface area (Å²) in [7, 11) is 0. The Kier molecular flexibility index (Phi) is 7.12. The van der Waals surface area contributed by atoms with Crippen molar-refractivity contribution in [1.29, 1.82) is 0 Å². The van der Waals surface area contributed by atoms with Crippen molar-refractivity contribution in [2.45, 2.75) is 97.3 Å². The first-order chi connectivity index (χ1) is 15.6. The minimum absolute atomic E-state index is 0.0550. The molecule has 1 unspecified atom stereocenters. The van der Waals surface area contributed by atoms with Crippen molar-refractivity contribution in [1.82, 2.24) is 0 Å². The SMILES string of the molecule is [2H]C([2H])(CC/C=C1\C[C@H]2C[C@@H](O)[C@H](/C=C/[C@@H](O)C(C)C([2H])([2H])C#CC)[C@H]2C1)C(=O)OC(C)(C)C. The highest BCUT2D eigenvalue weighted by Gasteiger charge is 2.44. The van der Waals surface area contributed by atoms with Crippen molar-refractivity contribution in [3.8, 4) is 11.8 Å². The van der Waals surface area contributed by atoms with E-state index in [1.165, 1.54) is 5.57 Å². The Morgan fingerprint density at radius 1 is 1.40 bits per heavy atom. The first-order valence-corrected chi connectivity index (χ1v) is 11.0. The number of rotatable bonds is 8. The number of ether oxygens (including phenoxy) is 1. The molecule has 0 saturated heterocycles. The van der Waals surface area contributed by atoms with Crippen molar-refractivity contribution in [2.24, 2.45) is 23.7 Å². The van der Waals surface area contributed by atoms with E-state index in [9.17, 15) is 15.0 Å². The molecule has 0 radical (unpaired) electrons. The number of allylic oxidation sites excluding steroid dienone is 2. The average molecular weight is 421 g/mol. The molecule has 0 bridgehead atoms. The van der Waals surface area contributed by atoms with Gasteiger partial charge in [-0.1, -0.05) is 30.7 Å². The van der Waals surface area contributed by atoms with Crippen molar-refractivity contribution >= 4 is 5.97 Å². The maximum atomic E-state index is 12.1. The molecule has 0 aromatic heterocycles. The van der Waals surface area contributed by atoms with Crippen LogP contribution in [0.1, 0.15) is 85.0 Å². The largest absolute Gasteiger partial charge is 0.460 e. The number of fused-ring (bicyclic) bond motifs is 1. The Balaban J connectivity index is 1.97. The summed E-state index contributed by atoms with van der Waals surface area (Å²) in [6.45, 7) is 8.34. The van der Waals surface area contributed by atoms with Crippen LogP contribution in [-0.2, 0) is 9.53 Å². The zero-order valence-corrected chi connectivity index (χ0v) is 18.9. The lowest BCUT2D eigenvalue weighted by molar-refractivity contribution is -0.154. The van der Waals surface area contributed by atoms with Gasteiger partial charge in [-0.05, 0) is 77.6 Å². The Morgan fingerprint density at radius 2 is 2.13 bits per heavy atom. The standard InChI is InChI=1S/C26H40O4/c1-6-7-10-18(2)23(27)14-13-21-22-16-19(15-20(22)17-24(21)28)11-8-9-12-25(29)30-26(3,4)5/h11,13-14,18,20-24,27-28H,8-10,12,15-17H2,1-5H3/b14-13+,19-11+/t18?,20-,21+,22-,23+,24+/m0/s1/i10D2,12D2. The zero-order chi connectivity index (χ0) is 25.9. The second-order valence-corrected chi connectivity index (χ2v) is 9.48. The van der Waals surface area contributed by atoms with Crippen molar-refractivity contribution in [3.63, 3.8) is 0 Å². The molecule has 4 heteroatoms. The summed E-state index contributed by atoms with van der Waals surface area (Å²) >= 11 is 0. The zero-order valence-electron chi connectivity index (χ0n) is 22.9. The fourth-order valence-corrected chi connectivity index (χ4v) is 4.38. The van der Waals surface area contributed by atoms with Crippen molar-refractivity contribution in [2.75, 3.05) is 0 Å². The van der Waals surface area contributed by atoms with Gasteiger partial charge in [0.2, 0.25) is 0 Å². The molecule has 0 aliphatic heterocycles. The summed E-state index contributed by atoms with van der Waals surface area (Å²) in [5.41, 5.74) is 0.482. The summed E-state index contributed by atoms with van der Waals surface area (Å²) in [4.78, 5) is 12.1. The van der Waals surface area contributed by atoms with E-state index in [2.05, 4.69) is 11.8 Å². The number of hydrogen-bond acceptors (Lipinski definition) is 4. The molecule has 4 nitrogen and oxygen atoms in total. The lowest BCUT2D eigenvalue weighted by Crippen LogP contribution is -2.23. The van der Waals surface area contributed by atoms with Gasteiger partial charge in [0.15, 0.2) is 0 Å². The minimum atomic E-state index is -2.04. The van der Waals surface area contributed by atoms with Crippen LogP contribution in [0.5, 0.6) is 0 Å². The van der Waals surface area contributed by atoms with Crippen LogP contribution in [0.4, 0.5) is 0 Å². The molecule has 30 heavy (non-hydrogen) atoms. The summed E-state index contributed by atoms with van der Waals surface area (Å²) in [5.74, 6) is 3.98. The third-order valence-electron chi connectivity index (χ3n) is 5.82. The van der Waals surface area contributed by atoms with Gasteiger partial charge in [0.05, 0.1) is 12.2 Å². The van der Waals surface area contributed by atoms with Crippen LogP contribution in [0, 0.1) is 35.5 Å². The predicted octanol–water partition coefficient (Wildman–Crippen LogP) is 4.80. The fourth-order valence-electron chi connectivity index (χ4n) is 4.38. The first kappa shape index (κ1) is 19.1. The molecule has 0 amide bonds. The molecule has 2 rings (SSSR count). The molecule has 6 atom stereocenters. The first-order valence-electron chi connectivity index (χ1n) is 13.0. The smallest absolute Gasteiger partial charge is 0.306 e. The summed E-state index contributed by atoms with van der Waals surface area (Å²) in [6, 6.07) is 0. The molecule has 2 N–H and O–H groups in total. The van der Waals surface area contributed by atoms with Crippen LogP contribution in [0.25, 0.3) is 0 Å². The Morgan fingerprint density at radius 3 is 2.80 bits per heavy atom. The van der Waals surface area contributed by atoms with Crippen LogP contribution in [0.3, 0.4) is 0 Å². The average Bonchev–Trinajstić information content (AvgIpc) is 3.20. The molecule has 0 aromatic rings. The Labute approximate surface area is 188 Å². The molecule has 2 fully saturated rings. The molecule has 2 saturated carbocycles. The number of hydrogen-bond donors (Lipinski definition) is 2. The summed E-state index contributed by atoms with van der Waals surface area (Å²) in [5, 5.41) is 21.0. The van der Waals surface area contributed by atoms with E-state index >= 15 is 0 Å². The predicted molar refractivity (Wildman–Crippen MR) is 120 cm³/mol. The van der Waals surface area contributed by atoms with E-state index in [-0.39, 0.29) is 18.3 Å². The van der Waals surface area contributed by atoms with Gasteiger partial charge in [-0.25, -0.2) is 0 Å². The molecule has 168 valence electrons. The number of carbonyl (C=O) groups excluding carboxylic acids is 1. The molecule has 2 aliphatic carbocycles. The van der Waals surface area contributed by atoms with Crippen molar-refractivity contribution < 1.29 is 25.2 Å². The number of aliphatic hydroxyl groups excluding tert-OH is 2. The highest BCUT2D eigenvalue weighted by Crippen LogP contribution is 2.50. The fraction of sp³-hybridized carbons (Fsp3) is 0.731. The van der Waals surface area contributed by atoms with Gasteiger partial charge >= 0.3 is 5.97 Å². The quantitative estimate of drug-likeness (QED) is 0.336. The molecule has 2 aliphatic rings. The van der Waals surface area contributed by atoms with Crippen LogP contribution in [0.15, 0.2) is 23.8 Å². The van der Waals surface area contributed by atoms with Gasteiger partial charge in [-0.2, -0.15) is 0 Å². The number of aliphatic hydroxyl groups is 2. The van der Waals surface area contributed by atoms with Gasteiger partial charge in [0.25, 0.3) is 0 Å². The molecule has 0 spiro atoms. The van der Waals surface area contributed by atoms with E-state index in [1.54, 1.807) is 40.7 Å². The second kappa shape index (κ2) is 11.2. The highest BCUT2D eigenvalue weighted by molar-refractivity contribution is 5.69. The van der Waals surface area contributed by atoms with Crippen LogP contribution in [0.2, 0.25) is 0 Å². The Bertz CT molecular complexity index is 847. The van der Waals surface area contributed by atoms with Gasteiger partial charge in [0, 0.05) is 24.1 Å². The third-order valence-corrected chi connectivity index (χ3v) is 5.82. The molecular formula is C26H40O4. The van der Waals surface area contributed by atoms with E-state index < -0.39 is 42.4 Å². The third kappa shape index (κ3) is 7.60. The number of esters is 1. The second-order valence-electron chi connectivity index (χ2n) is 9.48. The van der Waals surface area contributed by atoms with E-state index in [1.807, 2.05) is 12.2 Å². The normalized spacial score (nSPS) is 32.4. The van der Waals surface area contributed by atoms with E-state index in [0.717, 1.165) is 12.8 Å². The lowest BCUT2D eigenvalue weighted by atomic mass is 9.89. The molecular weight excluding hydrogens is 376 g/mol. The monoisotopic (exact) mass is 420 g/mol. The van der Waals surface area contributed by atoms with E-state index in [4.69, 9.17) is 10.2 Å². The molecule has 0 aromatic carbocycles. The van der Waals surface area contributed by atoms with Gasteiger partial charge in [0.1, 0.15) is 5.60 Å². The van der Waals surface area contributed by atoms with E-state index in [0.29, 0.717) is 18.8 Å². The summed E-state index contributed by atoms with van der Waals surface area (Å²) < 4.78 is 37.3. The summed E-state index contributed by atoms with van der Waals surface area (Å²) in [6.07, 6.45) is 2.89. The maximum Gasteiger partial charge on any atom is 0.306 e. The topological polar surface area (TPSA) is 66.8 Å². The highest BCUT2D eigenvalue weighted by atomic mass is 16.6. The van der Waals surface area contributed by atoms with Gasteiger partial charge in [-0.15, -0.1) is 11.8 Å². The Hall–Kier alpha value is -1.57. The molecule has 0 heterocycles. The maximum absolute atomic E-state index is 12.1. The van der Waals surface area contributed by atoms with Crippen LogP contribution < -0.4 is 0 Å².